The SMILES string of the molecule is CS(=O)(=O)Nc1cccc(NCc2cc(Br)ccc2O)c1. The molecule has 21 heavy (non-hydrogen) atoms. The van der Waals surface area contributed by atoms with Crippen LogP contribution in [0.5, 0.6) is 5.75 Å². The summed E-state index contributed by atoms with van der Waals surface area (Å²) >= 11 is 3.35. The molecule has 0 amide bonds. The Morgan fingerprint density at radius 1 is 1.14 bits per heavy atom. The highest BCUT2D eigenvalue weighted by molar-refractivity contribution is 9.10. The molecule has 7 heteroatoms. The third-order valence-corrected chi connectivity index (χ3v) is 3.79. The lowest BCUT2D eigenvalue weighted by molar-refractivity contribution is 0.469. The maximum absolute atomic E-state index is 11.2. The highest BCUT2D eigenvalue weighted by atomic mass is 79.9. The number of hydrogen-bond donors (Lipinski definition) is 3. The Balaban J connectivity index is 2.10. The number of sulfonamides is 1. The molecule has 2 rings (SSSR count). The Kier molecular flexibility index (Phi) is 4.74. The van der Waals surface area contributed by atoms with Crippen molar-refractivity contribution in [2.45, 2.75) is 6.54 Å². The number of nitrogens with one attached hydrogen (secondary N) is 2. The largest absolute Gasteiger partial charge is 0.508 e. The Morgan fingerprint density at radius 2 is 1.86 bits per heavy atom. The van der Waals surface area contributed by atoms with Crippen LogP contribution in [0.3, 0.4) is 0 Å². The number of phenolic OH excluding ortho intramolecular Hbond substituents is 1. The molecule has 5 nitrogen and oxygen atoms in total. The lowest BCUT2D eigenvalue weighted by Crippen LogP contribution is -2.09. The summed E-state index contributed by atoms with van der Waals surface area (Å²) in [6.07, 6.45) is 1.10. The van der Waals surface area contributed by atoms with Gasteiger partial charge in [0.15, 0.2) is 0 Å². The fraction of sp³-hybridized carbons (Fsp3) is 0.143. The second-order valence-corrected chi connectivity index (χ2v) is 7.25. The fourth-order valence-electron chi connectivity index (χ4n) is 1.80. The normalized spacial score (nSPS) is 11.1. The first-order valence-corrected chi connectivity index (χ1v) is 8.81. The van der Waals surface area contributed by atoms with Gasteiger partial charge in [-0.2, -0.15) is 0 Å². The minimum absolute atomic E-state index is 0.205. The Hall–Kier alpha value is -1.73. The van der Waals surface area contributed by atoms with Crippen LogP contribution in [0.1, 0.15) is 5.56 Å². The van der Waals surface area contributed by atoms with E-state index in [1.165, 1.54) is 0 Å². The molecule has 0 radical (unpaired) electrons. The van der Waals surface area contributed by atoms with E-state index in [4.69, 9.17) is 0 Å². The Morgan fingerprint density at radius 3 is 2.57 bits per heavy atom. The summed E-state index contributed by atoms with van der Waals surface area (Å²) in [6.45, 7) is 0.424. The van der Waals surface area contributed by atoms with Crippen molar-refractivity contribution in [2.75, 3.05) is 16.3 Å². The molecule has 112 valence electrons. The van der Waals surface area contributed by atoms with Gasteiger partial charge in [-0.05, 0) is 36.4 Å². The van der Waals surface area contributed by atoms with Crippen molar-refractivity contribution in [3.05, 3.63) is 52.5 Å². The van der Waals surface area contributed by atoms with E-state index in [2.05, 4.69) is 26.0 Å². The number of rotatable bonds is 5. The minimum Gasteiger partial charge on any atom is -0.508 e. The highest BCUT2D eigenvalue weighted by Gasteiger charge is 2.04. The van der Waals surface area contributed by atoms with E-state index in [1.807, 2.05) is 12.1 Å². The number of aromatic hydroxyl groups is 1. The molecular formula is C14H15BrN2O3S. The van der Waals surface area contributed by atoms with Crippen molar-refractivity contribution in [3.8, 4) is 5.75 Å². The van der Waals surface area contributed by atoms with Crippen molar-refractivity contribution >= 4 is 37.3 Å². The van der Waals surface area contributed by atoms with Crippen LogP contribution in [0.2, 0.25) is 0 Å². The summed E-state index contributed by atoms with van der Waals surface area (Å²) in [4.78, 5) is 0. The second kappa shape index (κ2) is 6.36. The number of hydrogen-bond acceptors (Lipinski definition) is 4. The summed E-state index contributed by atoms with van der Waals surface area (Å²) in [5.74, 6) is 0.205. The van der Waals surface area contributed by atoms with Crippen LogP contribution >= 0.6 is 15.9 Å². The molecule has 3 N–H and O–H groups in total. The van der Waals surface area contributed by atoms with Gasteiger partial charge in [-0.15, -0.1) is 0 Å². The van der Waals surface area contributed by atoms with Crippen LogP contribution < -0.4 is 10.0 Å². The van der Waals surface area contributed by atoms with Gasteiger partial charge in [0.05, 0.1) is 11.9 Å². The average molecular weight is 371 g/mol. The maximum Gasteiger partial charge on any atom is 0.229 e. The smallest absolute Gasteiger partial charge is 0.229 e. The maximum atomic E-state index is 11.2. The predicted octanol–water partition coefficient (Wildman–Crippen LogP) is 3.14. The van der Waals surface area contributed by atoms with E-state index in [0.29, 0.717) is 12.2 Å². The van der Waals surface area contributed by atoms with Gasteiger partial charge in [-0.3, -0.25) is 4.72 Å². The standard InChI is InChI=1S/C14H15BrN2O3S/c1-21(19,20)17-13-4-2-3-12(8-13)16-9-10-7-11(15)5-6-14(10)18/h2-8,16-18H,9H2,1H3. The summed E-state index contributed by atoms with van der Waals surface area (Å²) in [5, 5.41) is 12.9. The van der Waals surface area contributed by atoms with Crippen molar-refractivity contribution in [3.63, 3.8) is 0 Å². The average Bonchev–Trinajstić information content (AvgIpc) is 2.38. The van der Waals surface area contributed by atoms with Crippen molar-refractivity contribution in [2.24, 2.45) is 0 Å². The molecule has 0 atom stereocenters. The van der Waals surface area contributed by atoms with Crippen LogP contribution in [0, 0.1) is 0 Å². The molecule has 0 aliphatic rings. The van der Waals surface area contributed by atoms with E-state index >= 15 is 0 Å². The molecule has 0 aromatic heterocycles. The lowest BCUT2D eigenvalue weighted by Gasteiger charge is -2.10. The molecule has 0 fully saturated rings. The monoisotopic (exact) mass is 370 g/mol. The third-order valence-electron chi connectivity index (χ3n) is 2.69. The quantitative estimate of drug-likeness (QED) is 0.755. The molecule has 0 unspecified atom stereocenters. The van der Waals surface area contributed by atoms with E-state index in [-0.39, 0.29) is 5.75 Å². The van der Waals surface area contributed by atoms with Crippen molar-refractivity contribution in [1.29, 1.82) is 0 Å². The summed E-state index contributed by atoms with van der Waals surface area (Å²) < 4.78 is 25.7. The number of benzene rings is 2. The van der Waals surface area contributed by atoms with E-state index in [0.717, 1.165) is 22.0 Å². The third kappa shape index (κ3) is 4.95. The summed E-state index contributed by atoms with van der Waals surface area (Å²) in [5.41, 5.74) is 1.98. The van der Waals surface area contributed by atoms with Gasteiger partial charge in [0, 0.05) is 22.3 Å². The van der Waals surface area contributed by atoms with E-state index < -0.39 is 10.0 Å². The van der Waals surface area contributed by atoms with Gasteiger partial charge in [0.2, 0.25) is 10.0 Å². The fourth-order valence-corrected chi connectivity index (χ4v) is 2.76. The molecule has 2 aromatic rings. The summed E-state index contributed by atoms with van der Waals surface area (Å²) in [7, 11) is -3.30. The van der Waals surface area contributed by atoms with Crippen molar-refractivity contribution in [1.82, 2.24) is 0 Å². The van der Waals surface area contributed by atoms with Crippen LogP contribution in [-0.4, -0.2) is 19.8 Å². The van der Waals surface area contributed by atoms with Crippen LogP contribution in [0.4, 0.5) is 11.4 Å². The van der Waals surface area contributed by atoms with Gasteiger partial charge in [-0.25, -0.2) is 8.42 Å². The number of anilines is 2. The van der Waals surface area contributed by atoms with Crippen LogP contribution in [0.25, 0.3) is 0 Å². The molecule has 0 heterocycles. The number of halogens is 1. The molecule has 2 aromatic carbocycles. The molecule has 0 saturated heterocycles. The minimum atomic E-state index is -3.30. The zero-order chi connectivity index (χ0) is 15.5. The van der Waals surface area contributed by atoms with Gasteiger partial charge in [0.1, 0.15) is 5.75 Å². The van der Waals surface area contributed by atoms with Gasteiger partial charge >= 0.3 is 0 Å². The van der Waals surface area contributed by atoms with Crippen LogP contribution in [-0.2, 0) is 16.6 Å². The zero-order valence-corrected chi connectivity index (χ0v) is 13.7. The summed E-state index contributed by atoms with van der Waals surface area (Å²) in [6, 6.07) is 12.1. The van der Waals surface area contributed by atoms with Gasteiger partial charge in [-0.1, -0.05) is 22.0 Å². The first-order chi connectivity index (χ1) is 9.83. The van der Waals surface area contributed by atoms with Gasteiger partial charge < -0.3 is 10.4 Å². The molecular weight excluding hydrogens is 356 g/mol. The van der Waals surface area contributed by atoms with Crippen LogP contribution in [0.15, 0.2) is 46.9 Å². The highest BCUT2D eigenvalue weighted by Crippen LogP contribution is 2.23. The predicted molar refractivity (Wildman–Crippen MR) is 88.0 cm³/mol. The molecule has 0 bridgehead atoms. The van der Waals surface area contributed by atoms with Gasteiger partial charge in [0.25, 0.3) is 0 Å². The molecule has 0 spiro atoms. The number of phenols is 1. The van der Waals surface area contributed by atoms with E-state index in [1.54, 1.807) is 30.3 Å². The topological polar surface area (TPSA) is 78.4 Å². The lowest BCUT2D eigenvalue weighted by atomic mass is 10.2. The first-order valence-electron chi connectivity index (χ1n) is 6.12. The first kappa shape index (κ1) is 15.7. The zero-order valence-electron chi connectivity index (χ0n) is 11.3. The second-order valence-electron chi connectivity index (χ2n) is 4.58. The Bertz CT molecular complexity index is 748. The molecule has 0 saturated carbocycles. The molecule has 0 aliphatic carbocycles. The van der Waals surface area contributed by atoms with Crippen molar-refractivity contribution < 1.29 is 13.5 Å². The van der Waals surface area contributed by atoms with E-state index in [9.17, 15) is 13.5 Å². The molecule has 0 aliphatic heterocycles. The Labute approximate surface area is 132 Å².